The molecule has 0 fully saturated rings. The third kappa shape index (κ3) is 14.3. The number of benzene rings is 8. The lowest BCUT2D eigenvalue weighted by Crippen LogP contribution is -2.05. The Bertz CT molecular complexity index is 3200. The molecule has 0 amide bonds. The Balaban J connectivity index is 0.000000192. The topological polar surface area (TPSA) is 0 Å². The van der Waals surface area contributed by atoms with Crippen molar-refractivity contribution in [3.05, 3.63) is 262 Å². The number of rotatable bonds is 7. The van der Waals surface area contributed by atoms with Crippen molar-refractivity contribution in [3.8, 4) is 11.1 Å². The molecule has 0 N–H and O–H groups in total. The van der Waals surface area contributed by atoms with Gasteiger partial charge in [0.25, 0.3) is 0 Å². The third-order valence-corrected chi connectivity index (χ3v) is 18.6. The predicted molar refractivity (Wildman–Crippen MR) is 347 cm³/mol. The van der Waals surface area contributed by atoms with Gasteiger partial charge in [-0.2, -0.15) is 0 Å². The van der Waals surface area contributed by atoms with E-state index in [4.69, 9.17) is 0 Å². The van der Waals surface area contributed by atoms with Crippen molar-refractivity contribution in [1.29, 1.82) is 0 Å². The lowest BCUT2D eigenvalue weighted by atomic mass is 9.83. The van der Waals surface area contributed by atoms with Crippen molar-refractivity contribution >= 4 is 0 Å². The first kappa shape index (κ1) is 62.6. The molecule has 0 saturated carbocycles. The SMILES string of the molecule is Cc1cc(C)c(C)c(-c2c(C)c(C)cc(C)c2C)c1C.Cc1cc(C)c(C)c(Cc2c(C)c(C)cc(C)c2C)c1C.Cc1cc(C)cc(Cc2c(C)c(C)cc(C)c2C)c1.Cc1ccc(Cc2c(C)c(C)cc(C)c2C)cc1. The fraction of sp³-hybridized carbons (Fsp3) is 0.385. The van der Waals surface area contributed by atoms with Crippen molar-refractivity contribution in [3.63, 3.8) is 0 Å². The molecule has 0 aliphatic rings. The standard InChI is InChI=1S/C21H28.C20H26.C19H24.C18H22/c1-12-9-13(2)17(6)20(16(12)5)11-21-18(7)14(3)10-15(4)19(21)8;1-11-9-12(2)16(6)19(15(11)5)20-17(7)13(3)10-14(4)18(20)8;1-12-7-13(2)9-18(8-12)11-19-16(5)14(3)10-15(4)17(19)6;1-12-6-8-17(9-7-12)11-18-15(4)13(2)10-14(3)16(18)5/h9-10H,11H2,1-8H3;9-10H,1-8H3;7-10H,11H2,1-6H3;6-10H,11H2,1-5H3. The first-order valence-electron chi connectivity index (χ1n) is 28.9. The van der Waals surface area contributed by atoms with Gasteiger partial charge in [0.1, 0.15) is 0 Å². The van der Waals surface area contributed by atoms with Crippen molar-refractivity contribution in [2.45, 2.75) is 206 Å². The molecule has 0 aromatic heterocycles. The van der Waals surface area contributed by atoms with E-state index < -0.39 is 0 Å². The highest BCUT2D eigenvalue weighted by atomic mass is 14.2. The van der Waals surface area contributed by atoms with E-state index >= 15 is 0 Å². The smallest absolute Gasteiger partial charge is 0.00149 e. The summed E-state index contributed by atoms with van der Waals surface area (Å²) in [4.78, 5) is 0. The molecule has 0 heterocycles. The largest absolute Gasteiger partial charge is 0.0590 e. The zero-order valence-electron chi connectivity index (χ0n) is 54.1. The highest BCUT2D eigenvalue weighted by Crippen LogP contribution is 2.38. The zero-order valence-corrected chi connectivity index (χ0v) is 54.1. The summed E-state index contributed by atoms with van der Waals surface area (Å²) in [5.74, 6) is 0. The van der Waals surface area contributed by atoms with E-state index in [9.17, 15) is 0 Å². The van der Waals surface area contributed by atoms with Gasteiger partial charge in [-0.3, -0.25) is 0 Å². The summed E-state index contributed by atoms with van der Waals surface area (Å²) in [6.45, 7) is 60.2. The molecule has 0 spiro atoms. The van der Waals surface area contributed by atoms with Crippen LogP contribution < -0.4 is 0 Å². The molecule has 0 bridgehead atoms. The molecule has 78 heavy (non-hydrogen) atoms. The van der Waals surface area contributed by atoms with Gasteiger partial charge in [-0.1, -0.05) is 95.6 Å². The van der Waals surface area contributed by atoms with Crippen molar-refractivity contribution in [1.82, 2.24) is 0 Å². The summed E-state index contributed by atoms with van der Waals surface area (Å²) in [6, 6.07) is 29.6. The maximum atomic E-state index is 2.31. The minimum atomic E-state index is 1.04. The molecule has 0 heteroatoms. The minimum absolute atomic E-state index is 1.04. The third-order valence-electron chi connectivity index (χ3n) is 18.6. The maximum absolute atomic E-state index is 2.31. The van der Waals surface area contributed by atoms with Crippen LogP contribution in [0.4, 0.5) is 0 Å². The van der Waals surface area contributed by atoms with Crippen molar-refractivity contribution in [2.75, 3.05) is 0 Å². The summed E-state index contributed by atoms with van der Waals surface area (Å²) in [7, 11) is 0. The van der Waals surface area contributed by atoms with E-state index in [2.05, 4.69) is 266 Å². The van der Waals surface area contributed by atoms with E-state index in [1.54, 1.807) is 0 Å². The Kier molecular flexibility index (Phi) is 21.0. The van der Waals surface area contributed by atoms with Crippen LogP contribution in [-0.4, -0.2) is 0 Å². The van der Waals surface area contributed by atoms with Gasteiger partial charge in [0.05, 0.1) is 0 Å². The zero-order chi connectivity index (χ0) is 58.5. The molecule has 8 aromatic rings. The fourth-order valence-corrected chi connectivity index (χ4v) is 11.9. The van der Waals surface area contributed by atoms with Crippen molar-refractivity contribution in [2.24, 2.45) is 0 Å². The van der Waals surface area contributed by atoms with Gasteiger partial charge in [-0.15, -0.1) is 0 Å². The van der Waals surface area contributed by atoms with Crippen LogP contribution in [0.3, 0.4) is 0 Å². The highest BCUT2D eigenvalue weighted by Gasteiger charge is 2.18. The second kappa shape index (κ2) is 26.1. The van der Waals surface area contributed by atoms with E-state index in [1.807, 2.05) is 0 Å². The molecule has 0 aliphatic heterocycles. The van der Waals surface area contributed by atoms with Crippen LogP contribution in [0.15, 0.2) is 78.9 Å². The Morgan fingerprint density at radius 3 is 0.628 bits per heavy atom. The lowest BCUT2D eigenvalue weighted by molar-refractivity contribution is 1.04. The Morgan fingerprint density at radius 2 is 0.385 bits per heavy atom. The molecular formula is C78H100. The molecule has 0 radical (unpaired) electrons. The molecule has 0 atom stereocenters. The van der Waals surface area contributed by atoms with Gasteiger partial charge in [-0.05, 0) is 384 Å². The first-order chi connectivity index (χ1) is 36.4. The van der Waals surface area contributed by atoms with Gasteiger partial charge in [0.2, 0.25) is 0 Å². The Labute approximate surface area is 477 Å². The van der Waals surface area contributed by atoms with E-state index in [1.165, 1.54) is 195 Å². The summed E-state index contributed by atoms with van der Waals surface area (Å²) in [5.41, 5.74) is 49.9. The van der Waals surface area contributed by atoms with E-state index in [0.29, 0.717) is 0 Å². The molecule has 8 rings (SSSR count). The van der Waals surface area contributed by atoms with Crippen LogP contribution >= 0.6 is 0 Å². The summed E-state index contributed by atoms with van der Waals surface area (Å²) >= 11 is 0. The Hall–Kier alpha value is -6.24. The van der Waals surface area contributed by atoms with Crippen LogP contribution in [0.1, 0.15) is 184 Å². The molecule has 412 valence electrons. The monoisotopic (exact) mass is 1040 g/mol. The van der Waals surface area contributed by atoms with Gasteiger partial charge < -0.3 is 0 Å². The van der Waals surface area contributed by atoms with Gasteiger partial charge >= 0.3 is 0 Å². The van der Waals surface area contributed by atoms with E-state index in [0.717, 1.165) is 19.3 Å². The van der Waals surface area contributed by atoms with Crippen LogP contribution in [0.2, 0.25) is 0 Å². The van der Waals surface area contributed by atoms with Gasteiger partial charge in [0, 0.05) is 0 Å². The molecule has 0 nitrogen and oxygen atoms in total. The summed E-state index contributed by atoms with van der Waals surface area (Å²) < 4.78 is 0. The maximum Gasteiger partial charge on any atom is -0.00149 e. The molecule has 0 aliphatic carbocycles. The van der Waals surface area contributed by atoms with Crippen LogP contribution in [-0.2, 0) is 19.3 Å². The molecule has 0 saturated heterocycles. The quantitative estimate of drug-likeness (QED) is 0.149. The normalized spacial score (nSPS) is 10.9. The molecule has 8 aromatic carbocycles. The Morgan fingerprint density at radius 1 is 0.179 bits per heavy atom. The molecule has 0 unspecified atom stereocenters. The lowest BCUT2D eigenvalue weighted by Gasteiger charge is -2.21. The average molecular weight is 1040 g/mol. The van der Waals surface area contributed by atoms with Crippen molar-refractivity contribution < 1.29 is 0 Å². The fourth-order valence-electron chi connectivity index (χ4n) is 11.9. The van der Waals surface area contributed by atoms with Gasteiger partial charge in [-0.25, -0.2) is 0 Å². The summed E-state index contributed by atoms with van der Waals surface area (Å²) in [5, 5.41) is 0. The highest BCUT2D eigenvalue weighted by molar-refractivity contribution is 5.80. The number of hydrogen-bond acceptors (Lipinski definition) is 0. The van der Waals surface area contributed by atoms with Crippen LogP contribution in [0.5, 0.6) is 0 Å². The second-order valence-corrected chi connectivity index (χ2v) is 24.2. The van der Waals surface area contributed by atoms with Gasteiger partial charge in [0.15, 0.2) is 0 Å². The minimum Gasteiger partial charge on any atom is -0.0590 e. The predicted octanol–water partition coefficient (Wildman–Crippen LogP) is 21.5. The summed E-state index contributed by atoms with van der Waals surface area (Å²) in [6.07, 6.45) is 3.14. The molecular weight excluding hydrogens is 937 g/mol. The number of hydrogen-bond donors (Lipinski definition) is 0. The average Bonchev–Trinajstić information content (AvgIpc) is 3.48. The van der Waals surface area contributed by atoms with Crippen LogP contribution in [0, 0.1) is 187 Å². The second-order valence-electron chi connectivity index (χ2n) is 24.2. The van der Waals surface area contributed by atoms with Crippen LogP contribution in [0.25, 0.3) is 11.1 Å². The van der Waals surface area contributed by atoms with E-state index in [-0.39, 0.29) is 0 Å². The number of aryl methyl sites for hydroxylation is 15. The first-order valence-corrected chi connectivity index (χ1v) is 28.9.